The van der Waals surface area contributed by atoms with Crippen molar-refractivity contribution in [1.82, 2.24) is 24.9 Å². The van der Waals surface area contributed by atoms with Crippen molar-refractivity contribution in [3.05, 3.63) is 30.4 Å². The van der Waals surface area contributed by atoms with E-state index in [4.69, 9.17) is 4.52 Å². The van der Waals surface area contributed by atoms with Gasteiger partial charge in [-0.15, -0.1) is 0 Å². The highest BCUT2D eigenvalue weighted by atomic mass is 16.5. The summed E-state index contributed by atoms with van der Waals surface area (Å²) in [5, 5.41) is 4.12. The van der Waals surface area contributed by atoms with E-state index in [0.29, 0.717) is 37.8 Å². The summed E-state index contributed by atoms with van der Waals surface area (Å²) in [6.45, 7) is 3.80. The summed E-state index contributed by atoms with van der Waals surface area (Å²) in [5.41, 5.74) is 0.799. The van der Waals surface area contributed by atoms with E-state index >= 15 is 0 Å². The summed E-state index contributed by atoms with van der Waals surface area (Å²) in [6, 6.07) is 3.33. The number of carbonyl (C=O) groups is 2. The van der Waals surface area contributed by atoms with Crippen LogP contribution in [0.15, 0.2) is 29.0 Å². The second-order valence-electron chi connectivity index (χ2n) is 7.17. The van der Waals surface area contributed by atoms with Gasteiger partial charge in [0.15, 0.2) is 5.82 Å². The third-order valence-electron chi connectivity index (χ3n) is 5.46. The van der Waals surface area contributed by atoms with E-state index in [1.165, 1.54) is 0 Å². The minimum absolute atomic E-state index is 0.0351. The van der Waals surface area contributed by atoms with Crippen molar-refractivity contribution in [3.8, 4) is 11.5 Å². The Morgan fingerprint density at radius 2 is 2.11 bits per heavy atom. The minimum Gasteiger partial charge on any atom is -0.341 e. The molecule has 4 rings (SSSR count). The summed E-state index contributed by atoms with van der Waals surface area (Å²) in [5.74, 6) is 1.45. The number of piperidine rings is 1. The molecule has 0 radical (unpaired) electrons. The number of nitrogens with zero attached hydrogens (tertiary/aromatic N) is 5. The van der Waals surface area contributed by atoms with E-state index in [-0.39, 0.29) is 23.8 Å². The average molecular weight is 369 g/mol. The molecule has 8 nitrogen and oxygen atoms in total. The van der Waals surface area contributed by atoms with Crippen molar-refractivity contribution in [2.75, 3.05) is 19.6 Å². The van der Waals surface area contributed by atoms with Gasteiger partial charge in [0.2, 0.25) is 11.8 Å². The molecular formula is C19H23N5O3. The molecule has 2 fully saturated rings. The topological polar surface area (TPSA) is 92.4 Å². The summed E-state index contributed by atoms with van der Waals surface area (Å²) in [6.07, 6.45) is 6.37. The first-order valence-corrected chi connectivity index (χ1v) is 9.46. The van der Waals surface area contributed by atoms with E-state index in [2.05, 4.69) is 15.1 Å². The standard InChI is InChI=1S/C19H23N5O3/c1-13(24-9-3-5-16(24)25)19(26)23-10-6-14(7-11-23)17-21-18(27-22-17)15-4-2-8-20-12-15/h2,4,8,12-14H,3,5-7,9-11H2,1H3. The molecular weight excluding hydrogens is 346 g/mol. The molecule has 2 amide bonds. The lowest BCUT2D eigenvalue weighted by Crippen LogP contribution is -2.49. The van der Waals surface area contributed by atoms with Gasteiger partial charge in [0.05, 0.1) is 5.56 Å². The second-order valence-corrected chi connectivity index (χ2v) is 7.17. The first-order chi connectivity index (χ1) is 13.1. The van der Waals surface area contributed by atoms with Gasteiger partial charge in [0.25, 0.3) is 5.89 Å². The maximum absolute atomic E-state index is 12.7. The van der Waals surface area contributed by atoms with Crippen LogP contribution >= 0.6 is 0 Å². The molecule has 27 heavy (non-hydrogen) atoms. The van der Waals surface area contributed by atoms with E-state index in [1.54, 1.807) is 17.3 Å². The number of amides is 2. The summed E-state index contributed by atoms with van der Waals surface area (Å²) < 4.78 is 5.37. The number of carbonyl (C=O) groups excluding carboxylic acids is 2. The molecule has 142 valence electrons. The van der Waals surface area contributed by atoms with E-state index in [9.17, 15) is 9.59 Å². The van der Waals surface area contributed by atoms with E-state index in [1.807, 2.05) is 24.0 Å². The van der Waals surface area contributed by atoms with Crippen LogP contribution in [0.3, 0.4) is 0 Å². The number of hydrogen-bond donors (Lipinski definition) is 0. The molecule has 0 aliphatic carbocycles. The maximum atomic E-state index is 12.7. The van der Waals surface area contributed by atoms with Crippen LogP contribution < -0.4 is 0 Å². The van der Waals surface area contributed by atoms with Crippen LogP contribution in [0.1, 0.15) is 44.3 Å². The van der Waals surface area contributed by atoms with Crippen molar-refractivity contribution in [1.29, 1.82) is 0 Å². The van der Waals surface area contributed by atoms with Gasteiger partial charge in [-0.25, -0.2) is 0 Å². The van der Waals surface area contributed by atoms with Gasteiger partial charge >= 0.3 is 0 Å². The van der Waals surface area contributed by atoms with Crippen LogP contribution in [-0.2, 0) is 9.59 Å². The third-order valence-corrected chi connectivity index (χ3v) is 5.46. The van der Waals surface area contributed by atoms with Crippen LogP contribution in [0.25, 0.3) is 11.5 Å². The van der Waals surface area contributed by atoms with Crippen LogP contribution in [0, 0.1) is 0 Å². The summed E-state index contributed by atoms with van der Waals surface area (Å²) in [4.78, 5) is 36.8. The molecule has 0 spiro atoms. The Morgan fingerprint density at radius 1 is 1.30 bits per heavy atom. The fourth-order valence-electron chi connectivity index (χ4n) is 3.84. The number of hydrogen-bond acceptors (Lipinski definition) is 6. The third kappa shape index (κ3) is 3.56. The van der Waals surface area contributed by atoms with Crippen molar-refractivity contribution < 1.29 is 14.1 Å². The molecule has 1 atom stereocenters. The molecule has 0 bridgehead atoms. The van der Waals surface area contributed by atoms with Crippen LogP contribution in [0.2, 0.25) is 0 Å². The molecule has 2 aromatic heterocycles. The number of aromatic nitrogens is 3. The number of likely N-dealkylation sites (tertiary alicyclic amines) is 2. The zero-order valence-corrected chi connectivity index (χ0v) is 15.4. The average Bonchev–Trinajstić information content (AvgIpc) is 3.37. The Morgan fingerprint density at radius 3 is 2.78 bits per heavy atom. The molecule has 8 heteroatoms. The highest BCUT2D eigenvalue weighted by Gasteiger charge is 2.34. The lowest BCUT2D eigenvalue weighted by molar-refractivity contribution is -0.143. The minimum atomic E-state index is -0.376. The van der Waals surface area contributed by atoms with Gasteiger partial charge in [-0.05, 0) is 38.3 Å². The highest BCUT2D eigenvalue weighted by molar-refractivity contribution is 5.88. The molecule has 2 aliphatic rings. The molecule has 0 N–H and O–H groups in total. The van der Waals surface area contributed by atoms with E-state index < -0.39 is 0 Å². The summed E-state index contributed by atoms with van der Waals surface area (Å²) >= 11 is 0. The normalized spacial score (nSPS) is 19.5. The van der Waals surface area contributed by atoms with Crippen molar-refractivity contribution in [3.63, 3.8) is 0 Å². The summed E-state index contributed by atoms with van der Waals surface area (Å²) in [7, 11) is 0. The zero-order valence-electron chi connectivity index (χ0n) is 15.4. The molecule has 0 saturated carbocycles. The van der Waals surface area contributed by atoms with Crippen LogP contribution in [-0.4, -0.2) is 62.4 Å². The predicted octanol–water partition coefficient (Wildman–Crippen LogP) is 1.85. The van der Waals surface area contributed by atoms with Gasteiger partial charge < -0.3 is 14.3 Å². The first-order valence-electron chi connectivity index (χ1n) is 9.46. The smallest absolute Gasteiger partial charge is 0.259 e. The fourth-order valence-corrected chi connectivity index (χ4v) is 3.84. The quantitative estimate of drug-likeness (QED) is 0.817. The van der Waals surface area contributed by atoms with Gasteiger partial charge in [0.1, 0.15) is 6.04 Å². The van der Waals surface area contributed by atoms with Crippen molar-refractivity contribution in [2.24, 2.45) is 0 Å². The predicted molar refractivity (Wildman–Crippen MR) is 96.5 cm³/mol. The molecule has 2 aromatic rings. The SMILES string of the molecule is CC(C(=O)N1CCC(c2noc(-c3cccnc3)n2)CC1)N1CCCC1=O. The number of pyridine rings is 1. The molecule has 0 aromatic carbocycles. The van der Waals surface area contributed by atoms with E-state index in [0.717, 1.165) is 24.8 Å². The fraction of sp³-hybridized carbons (Fsp3) is 0.526. The Hall–Kier alpha value is -2.77. The lowest BCUT2D eigenvalue weighted by atomic mass is 9.95. The van der Waals surface area contributed by atoms with Gasteiger partial charge in [0, 0.05) is 44.4 Å². The van der Waals surface area contributed by atoms with Crippen molar-refractivity contribution in [2.45, 2.75) is 44.6 Å². The molecule has 4 heterocycles. The maximum Gasteiger partial charge on any atom is 0.259 e. The Labute approximate surface area is 157 Å². The Bertz CT molecular complexity index is 814. The van der Waals surface area contributed by atoms with Gasteiger partial charge in [-0.2, -0.15) is 4.98 Å². The second kappa shape index (κ2) is 7.46. The van der Waals surface area contributed by atoms with Gasteiger partial charge in [-0.1, -0.05) is 5.16 Å². The monoisotopic (exact) mass is 369 g/mol. The van der Waals surface area contributed by atoms with Gasteiger partial charge in [-0.3, -0.25) is 14.6 Å². The molecule has 1 unspecified atom stereocenters. The first kappa shape index (κ1) is 17.6. The zero-order chi connectivity index (χ0) is 18.8. The Kier molecular flexibility index (Phi) is 4.87. The highest BCUT2D eigenvalue weighted by Crippen LogP contribution is 2.28. The van der Waals surface area contributed by atoms with Crippen LogP contribution in [0.4, 0.5) is 0 Å². The molecule has 2 saturated heterocycles. The number of rotatable bonds is 4. The van der Waals surface area contributed by atoms with Crippen LogP contribution in [0.5, 0.6) is 0 Å². The largest absolute Gasteiger partial charge is 0.341 e. The molecule has 2 aliphatic heterocycles. The lowest BCUT2D eigenvalue weighted by Gasteiger charge is -2.34. The van der Waals surface area contributed by atoms with Crippen molar-refractivity contribution >= 4 is 11.8 Å². The Balaban J connectivity index is 1.36.